The third kappa shape index (κ3) is 4.66. The summed E-state index contributed by atoms with van der Waals surface area (Å²) in [7, 11) is 0. The first kappa shape index (κ1) is 18.0. The van der Waals surface area contributed by atoms with Gasteiger partial charge >= 0.3 is 0 Å². The highest BCUT2D eigenvalue weighted by molar-refractivity contribution is 6.35. The number of benzene rings is 1. The Morgan fingerprint density at radius 1 is 1.08 bits per heavy atom. The fraction of sp³-hybridized carbons (Fsp3) is 0.312. The molecule has 132 valence electrons. The number of hydrogen-bond acceptors (Lipinski definition) is 5. The van der Waals surface area contributed by atoms with Gasteiger partial charge in [-0.1, -0.05) is 40.9 Å². The lowest BCUT2D eigenvalue weighted by atomic mass is 10.2. The highest BCUT2D eigenvalue weighted by atomic mass is 35.5. The van der Waals surface area contributed by atoms with Crippen LogP contribution >= 0.6 is 34.8 Å². The van der Waals surface area contributed by atoms with Crippen LogP contribution in [0.25, 0.3) is 0 Å². The Morgan fingerprint density at radius 3 is 2.52 bits per heavy atom. The largest absolute Gasteiger partial charge is 0.366 e. The minimum Gasteiger partial charge on any atom is -0.366 e. The van der Waals surface area contributed by atoms with E-state index in [2.05, 4.69) is 15.3 Å². The van der Waals surface area contributed by atoms with Gasteiger partial charge in [-0.3, -0.25) is 4.79 Å². The molecule has 0 spiro atoms. The third-order valence-electron chi connectivity index (χ3n) is 3.90. The van der Waals surface area contributed by atoms with Gasteiger partial charge in [0.2, 0.25) is 12.4 Å². The number of amides is 1. The third-order valence-corrected chi connectivity index (χ3v) is 4.68. The minimum atomic E-state index is 0.354. The Morgan fingerprint density at radius 2 is 1.84 bits per heavy atom. The average molecular weight is 401 g/mol. The van der Waals surface area contributed by atoms with Gasteiger partial charge in [0.15, 0.2) is 0 Å². The number of rotatable bonds is 5. The van der Waals surface area contributed by atoms with E-state index >= 15 is 0 Å². The number of halogens is 3. The second-order valence-corrected chi connectivity index (χ2v) is 6.82. The van der Waals surface area contributed by atoms with Crippen molar-refractivity contribution >= 4 is 53.0 Å². The van der Waals surface area contributed by atoms with Gasteiger partial charge in [0.05, 0.1) is 0 Å². The second kappa shape index (κ2) is 8.08. The van der Waals surface area contributed by atoms with Gasteiger partial charge in [0.25, 0.3) is 0 Å². The van der Waals surface area contributed by atoms with E-state index in [1.807, 2.05) is 11.0 Å². The summed E-state index contributed by atoms with van der Waals surface area (Å²) in [4.78, 5) is 23.3. The molecule has 1 saturated heterocycles. The van der Waals surface area contributed by atoms with E-state index in [0.717, 1.165) is 12.0 Å². The van der Waals surface area contributed by atoms with Crippen LogP contribution in [0.1, 0.15) is 5.56 Å². The molecule has 1 N–H and O–H groups in total. The maximum Gasteiger partial charge on any atom is 0.228 e. The zero-order chi connectivity index (χ0) is 17.8. The summed E-state index contributed by atoms with van der Waals surface area (Å²) in [6.07, 6.45) is 0.860. The van der Waals surface area contributed by atoms with Crippen molar-refractivity contribution in [1.82, 2.24) is 14.9 Å². The molecule has 0 saturated carbocycles. The monoisotopic (exact) mass is 399 g/mol. The van der Waals surface area contributed by atoms with Gasteiger partial charge < -0.3 is 15.1 Å². The number of hydrogen-bond donors (Lipinski definition) is 1. The van der Waals surface area contributed by atoms with Gasteiger partial charge in [-0.05, 0) is 17.7 Å². The molecule has 1 fully saturated rings. The predicted octanol–water partition coefficient (Wildman–Crippen LogP) is 3.33. The van der Waals surface area contributed by atoms with Crippen molar-refractivity contribution in [3.63, 3.8) is 0 Å². The first-order valence-electron chi connectivity index (χ1n) is 7.72. The molecule has 0 bridgehead atoms. The maximum absolute atomic E-state index is 10.8. The van der Waals surface area contributed by atoms with Gasteiger partial charge in [0, 0.05) is 48.8 Å². The van der Waals surface area contributed by atoms with Gasteiger partial charge in [-0.15, -0.1) is 0 Å². The molecule has 1 aromatic heterocycles. The Kier molecular flexibility index (Phi) is 5.83. The smallest absolute Gasteiger partial charge is 0.228 e. The molecule has 1 aromatic carbocycles. The number of piperazine rings is 1. The second-order valence-electron chi connectivity index (χ2n) is 5.59. The maximum atomic E-state index is 10.8. The molecule has 1 aliphatic rings. The lowest BCUT2D eigenvalue weighted by Gasteiger charge is -2.32. The molecule has 0 radical (unpaired) electrons. The molecule has 3 rings (SSSR count). The summed E-state index contributed by atoms with van der Waals surface area (Å²) < 4.78 is 0. The lowest BCUT2D eigenvalue weighted by Crippen LogP contribution is -2.46. The summed E-state index contributed by atoms with van der Waals surface area (Å²) in [5.41, 5.74) is 0.905. The van der Waals surface area contributed by atoms with Crippen molar-refractivity contribution in [2.45, 2.75) is 6.54 Å². The van der Waals surface area contributed by atoms with Crippen LogP contribution in [0.4, 0.5) is 11.8 Å². The molecule has 1 amide bonds. The molecule has 0 atom stereocenters. The van der Waals surface area contributed by atoms with Crippen LogP contribution in [0.3, 0.4) is 0 Å². The molecule has 2 heterocycles. The summed E-state index contributed by atoms with van der Waals surface area (Å²) in [6.45, 7) is 3.11. The van der Waals surface area contributed by atoms with Crippen LogP contribution in [0, 0.1) is 0 Å². The van der Waals surface area contributed by atoms with Crippen molar-refractivity contribution < 1.29 is 4.79 Å². The zero-order valence-corrected chi connectivity index (χ0v) is 15.5. The summed E-state index contributed by atoms with van der Waals surface area (Å²) in [6, 6.07) is 7.01. The fourth-order valence-corrected chi connectivity index (χ4v) is 3.17. The molecule has 1 aliphatic heterocycles. The van der Waals surface area contributed by atoms with Crippen molar-refractivity contribution in [1.29, 1.82) is 0 Å². The topological polar surface area (TPSA) is 61.4 Å². The van der Waals surface area contributed by atoms with E-state index < -0.39 is 0 Å². The van der Waals surface area contributed by atoms with Gasteiger partial charge in [0.1, 0.15) is 11.0 Å². The lowest BCUT2D eigenvalue weighted by molar-refractivity contribution is -0.118. The predicted molar refractivity (Wildman–Crippen MR) is 101 cm³/mol. The Labute approximate surface area is 160 Å². The number of anilines is 2. The van der Waals surface area contributed by atoms with Crippen LogP contribution in [0.15, 0.2) is 24.3 Å². The van der Waals surface area contributed by atoms with E-state index in [9.17, 15) is 4.79 Å². The number of carbonyl (C=O) groups is 1. The van der Waals surface area contributed by atoms with Crippen molar-refractivity contribution in [2.24, 2.45) is 0 Å². The van der Waals surface area contributed by atoms with Gasteiger partial charge in [-0.25, -0.2) is 4.98 Å². The summed E-state index contributed by atoms with van der Waals surface area (Å²) >= 11 is 18.2. The standard InChI is InChI=1S/C16H16Cl3N5O/c17-12-2-1-11(13(18)7-12)9-20-15-8-14(19)21-16(22-15)24-5-3-23(10-25)4-6-24/h1-2,7-8,10H,3-6,9H2,(H,20,21,22). The first-order chi connectivity index (χ1) is 12.0. The molecule has 2 aromatic rings. The van der Waals surface area contributed by atoms with Crippen LogP contribution < -0.4 is 10.2 Å². The van der Waals surface area contributed by atoms with E-state index in [-0.39, 0.29) is 0 Å². The SMILES string of the molecule is O=CN1CCN(c2nc(Cl)cc(NCc3ccc(Cl)cc3Cl)n2)CC1. The number of carbonyl (C=O) groups excluding carboxylic acids is 1. The summed E-state index contributed by atoms with van der Waals surface area (Å²) in [5, 5.41) is 4.74. The van der Waals surface area contributed by atoms with E-state index in [0.29, 0.717) is 59.7 Å². The van der Waals surface area contributed by atoms with Gasteiger partial charge in [-0.2, -0.15) is 4.98 Å². The number of aromatic nitrogens is 2. The van der Waals surface area contributed by atoms with Crippen molar-refractivity contribution in [3.05, 3.63) is 45.0 Å². The zero-order valence-electron chi connectivity index (χ0n) is 13.3. The fourth-order valence-electron chi connectivity index (χ4n) is 2.52. The Bertz CT molecular complexity index is 765. The number of nitrogens with zero attached hydrogens (tertiary/aromatic N) is 4. The van der Waals surface area contributed by atoms with E-state index in [4.69, 9.17) is 34.8 Å². The van der Waals surface area contributed by atoms with Crippen molar-refractivity contribution in [3.8, 4) is 0 Å². The molecule has 9 heteroatoms. The highest BCUT2D eigenvalue weighted by Crippen LogP contribution is 2.23. The highest BCUT2D eigenvalue weighted by Gasteiger charge is 2.18. The first-order valence-corrected chi connectivity index (χ1v) is 8.85. The van der Waals surface area contributed by atoms with Crippen LogP contribution in [0.2, 0.25) is 15.2 Å². The molecular weight excluding hydrogens is 385 g/mol. The molecule has 0 unspecified atom stereocenters. The van der Waals surface area contributed by atoms with Crippen LogP contribution in [-0.4, -0.2) is 47.5 Å². The molecule has 25 heavy (non-hydrogen) atoms. The molecular formula is C16H16Cl3N5O. The van der Waals surface area contributed by atoms with E-state index in [1.165, 1.54) is 0 Å². The van der Waals surface area contributed by atoms with E-state index in [1.54, 1.807) is 23.1 Å². The molecule has 0 aliphatic carbocycles. The normalized spacial score (nSPS) is 14.5. The average Bonchev–Trinajstić information content (AvgIpc) is 2.60. The van der Waals surface area contributed by atoms with Crippen LogP contribution in [0.5, 0.6) is 0 Å². The summed E-state index contributed by atoms with van der Waals surface area (Å²) in [5.74, 6) is 1.15. The quantitative estimate of drug-likeness (QED) is 0.616. The minimum absolute atomic E-state index is 0.354. The number of nitrogens with one attached hydrogen (secondary N) is 1. The van der Waals surface area contributed by atoms with Crippen LogP contribution in [-0.2, 0) is 11.3 Å². The van der Waals surface area contributed by atoms with Crippen molar-refractivity contribution in [2.75, 3.05) is 36.4 Å². The Hall–Kier alpha value is -1.76. The Balaban J connectivity index is 1.70. The molecule has 6 nitrogen and oxygen atoms in total.